The second kappa shape index (κ2) is 5.09. The van der Waals surface area contributed by atoms with Crippen LogP contribution in [-0.4, -0.2) is 29.2 Å². The fraction of sp³-hybridized carbons (Fsp3) is 0.308. The van der Waals surface area contributed by atoms with Crippen molar-refractivity contribution in [2.45, 2.75) is 13.0 Å². The molecule has 1 aliphatic rings. The van der Waals surface area contributed by atoms with Crippen LogP contribution in [0.3, 0.4) is 0 Å². The first-order chi connectivity index (χ1) is 8.97. The highest BCUT2D eigenvalue weighted by molar-refractivity contribution is 5.92. The number of benzene rings is 1. The maximum atomic E-state index is 11.7. The van der Waals surface area contributed by atoms with Crippen molar-refractivity contribution >= 4 is 17.7 Å². The SMILES string of the molecule is NC(=O)c1ccc(CN2CC(C(N)=O)CC2=O)cc1. The van der Waals surface area contributed by atoms with E-state index in [-0.39, 0.29) is 12.3 Å². The number of rotatable bonds is 4. The van der Waals surface area contributed by atoms with E-state index in [1.807, 2.05) is 0 Å². The molecule has 100 valence electrons. The summed E-state index contributed by atoms with van der Waals surface area (Å²) in [5, 5.41) is 0. The fourth-order valence-corrected chi connectivity index (χ4v) is 2.11. The van der Waals surface area contributed by atoms with E-state index in [2.05, 4.69) is 0 Å². The highest BCUT2D eigenvalue weighted by atomic mass is 16.2. The smallest absolute Gasteiger partial charge is 0.248 e. The van der Waals surface area contributed by atoms with Gasteiger partial charge in [-0.2, -0.15) is 0 Å². The molecule has 0 radical (unpaired) electrons. The van der Waals surface area contributed by atoms with Crippen LogP contribution in [0, 0.1) is 5.92 Å². The summed E-state index contributed by atoms with van der Waals surface area (Å²) in [6, 6.07) is 6.71. The molecule has 6 nitrogen and oxygen atoms in total. The van der Waals surface area contributed by atoms with E-state index in [0.717, 1.165) is 5.56 Å². The van der Waals surface area contributed by atoms with Crippen LogP contribution in [0.1, 0.15) is 22.3 Å². The Hall–Kier alpha value is -2.37. The average molecular weight is 261 g/mol. The van der Waals surface area contributed by atoms with Gasteiger partial charge in [-0.25, -0.2) is 0 Å². The summed E-state index contributed by atoms with van der Waals surface area (Å²) in [5.74, 6) is -1.42. The van der Waals surface area contributed by atoms with Crippen LogP contribution >= 0.6 is 0 Å². The Morgan fingerprint density at radius 3 is 2.32 bits per heavy atom. The Balaban J connectivity index is 2.03. The Morgan fingerprint density at radius 1 is 1.21 bits per heavy atom. The summed E-state index contributed by atoms with van der Waals surface area (Å²) in [6.45, 7) is 0.757. The zero-order chi connectivity index (χ0) is 14.0. The summed E-state index contributed by atoms with van der Waals surface area (Å²) >= 11 is 0. The summed E-state index contributed by atoms with van der Waals surface area (Å²) in [7, 11) is 0. The van der Waals surface area contributed by atoms with E-state index in [1.54, 1.807) is 29.2 Å². The molecule has 0 saturated carbocycles. The van der Waals surface area contributed by atoms with Gasteiger partial charge in [-0.05, 0) is 17.7 Å². The largest absolute Gasteiger partial charge is 0.369 e. The average Bonchev–Trinajstić information content (AvgIpc) is 2.72. The first-order valence-corrected chi connectivity index (χ1v) is 5.93. The van der Waals surface area contributed by atoms with Gasteiger partial charge in [0.05, 0.1) is 5.92 Å². The second-order valence-electron chi connectivity index (χ2n) is 4.64. The molecule has 3 amide bonds. The third-order valence-electron chi connectivity index (χ3n) is 3.23. The van der Waals surface area contributed by atoms with Crippen molar-refractivity contribution in [1.29, 1.82) is 0 Å². The normalized spacial score (nSPS) is 18.6. The van der Waals surface area contributed by atoms with Crippen LogP contribution in [0.5, 0.6) is 0 Å². The summed E-state index contributed by atoms with van der Waals surface area (Å²) in [4.78, 5) is 35.3. The molecule has 1 aromatic rings. The van der Waals surface area contributed by atoms with Gasteiger partial charge in [-0.15, -0.1) is 0 Å². The molecule has 19 heavy (non-hydrogen) atoms. The maximum absolute atomic E-state index is 11.7. The molecule has 1 unspecified atom stereocenters. The van der Waals surface area contributed by atoms with E-state index < -0.39 is 17.7 Å². The lowest BCUT2D eigenvalue weighted by Crippen LogP contribution is -2.28. The fourth-order valence-electron chi connectivity index (χ4n) is 2.11. The van der Waals surface area contributed by atoms with Crippen molar-refractivity contribution in [3.63, 3.8) is 0 Å². The minimum absolute atomic E-state index is 0.0808. The standard InChI is InChI=1S/C13H15N3O3/c14-12(18)9-3-1-8(2-4-9)6-16-7-10(13(15)19)5-11(16)17/h1-4,10H,5-7H2,(H2,14,18)(H2,15,19). The predicted molar refractivity (Wildman–Crippen MR) is 67.7 cm³/mol. The first-order valence-electron chi connectivity index (χ1n) is 5.93. The Labute approximate surface area is 110 Å². The lowest BCUT2D eigenvalue weighted by atomic mass is 10.1. The Morgan fingerprint density at radius 2 is 1.84 bits per heavy atom. The van der Waals surface area contributed by atoms with Gasteiger partial charge in [0.25, 0.3) is 0 Å². The molecular weight excluding hydrogens is 246 g/mol. The van der Waals surface area contributed by atoms with Gasteiger partial charge in [0.2, 0.25) is 17.7 Å². The van der Waals surface area contributed by atoms with Crippen LogP contribution in [0.2, 0.25) is 0 Å². The number of amides is 3. The summed E-state index contributed by atoms with van der Waals surface area (Å²) in [5.41, 5.74) is 11.6. The molecule has 1 saturated heterocycles. The Bertz CT molecular complexity index is 524. The lowest BCUT2D eigenvalue weighted by molar-refractivity contribution is -0.128. The zero-order valence-electron chi connectivity index (χ0n) is 10.3. The number of carbonyl (C=O) groups excluding carboxylic acids is 3. The van der Waals surface area contributed by atoms with Crippen molar-refractivity contribution in [3.8, 4) is 0 Å². The number of likely N-dealkylation sites (tertiary alicyclic amines) is 1. The van der Waals surface area contributed by atoms with Crippen molar-refractivity contribution in [2.24, 2.45) is 17.4 Å². The first kappa shape index (κ1) is 13.1. The predicted octanol–water partition coefficient (Wildman–Crippen LogP) is -0.381. The summed E-state index contributed by atoms with van der Waals surface area (Å²) in [6.07, 6.45) is 0.175. The minimum Gasteiger partial charge on any atom is -0.369 e. The summed E-state index contributed by atoms with van der Waals surface area (Å²) < 4.78 is 0. The van der Waals surface area contributed by atoms with Crippen molar-refractivity contribution in [1.82, 2.24) is 4.90 Å². The molecule has 1 fully saturated rings. The van der Waals surface area contributed by atoms with E-state index in [0.29, 0.717) is 18.7 Å². The second-order valence-corrected chi connectivity index (χ2v) is 4.64. The van der Waals surface area contributed by atoms with Crippen LogP contribution in [0.15, 0.2) is 24.3 Å². The highest BCUT2D eigenvalue weighted by Gasteiger charge is 2.32. The molecule has 0 aliphatic carbocycles. The number of nitrogens with zero attached hydrogens (tertiary/aromatic N) is 1. The van der Waals surface area contributed by atoms with Gasteiger partial charge in [0.1, 0.15) is 0 Å². The monoisotopic (exact) mass is 261 g/mol. The molecule has 4 N–H and O–H groups in total. The third kappa shape index (κ3) is 2.90. The molecule has 1 heterocycles. The maximum Gasteiger partial charge on any atom is 0.248 e. The Kier molecular flexibility index (Phi) is 3.50. The van der Waals surface area contributed by atoms with Gasteiger partial charge < -0.3 is 16.4 Å². The molecule has 2 rings (SSSR count). The van der Waals surface area contributed by atoms with Crippen LogP contribution in [0.4, 0.5) is 0 Å². The highest BCUT2D eigenvalue weighted by Crippen LogP contribution is 2.19. The molecular formula is C13H15N3O3. The van der Waals surface area contributed by atoms with Crippen molar-refractivity contribution < 1.29 is 14.4 Å². The van der Waals surface area contributed by atoms with E-state index in [4.69, 9.17) is 11.5 Å². The molecule has 1 atom stereocenters. The number of carbonyl (C=O) groups is 3. The number of hydrogen-bond donors (Lipinski definition) is 2. The number of hydrogen-bond acceptors (Lipinski definition) is 3. The van der Waals surface area contributed by atoms with Crippen molar-refractivity contribution in [3.05, 3.63) is 35.4 Å². The van der Waals surface area contributed by atoms with Gasteiger partial charge >= 0.3 is 0 Å². The number of nitrogens with two attached hydrogens (primary N) is 2. The quantitative estimate of drug-likeness (QED) is 0.771. The van der Waals surface area contributed by atoms with E-state index in [1.165, 1.54) is 0 Å². The van der Waals surface area contributed by atoms with Crippen LogP contribution in [0.25, 0.3) is 0 Å². The lowest BCUT2D eigenvalue weighted by Gasteiger charge is -2.16. The molecule has 1 aliphatic heterocycles. The van der Waals surface area contributed by atoms with Crippen LogP contribution in [-0.2, 0) is 16.1 Å². The topological polar surface area (TPSA) is 106 Å². The molecule has 6 heteroatoms. The molecule has 0 spiro atoms. The van der Waals surface area contributed by atoms with E-state index >= 15 is 0 Å². The van der Waals surface area contributed by atoms with Gasteiger partial charge in [0.15, 0.2) is 0 Å². The van der Waals surface area contributed by atoms with Crippen molar-refractivity contribution in [2.75, 3.05) is 6.54 Å². The van der Waals surface area contributed by atoms with Crippen LogP contribution < -0.4 is 11.5 Å². The zero-order valence-corrected chi connectivity index (χ0v) is 10.3. The minimum atomic E-state index is -0.488. The molecule has 0 bridgehead atoms. The van der Waals surface area contributed by atoms with Gasteiger partial charge in [-0.3, -0.25) is 14.4 Å². The molecule has 1 aromatic carbocycles. The van der Waals surface area contributed by atoms with E-state index in [9.17, 15) is 14.4 Å². The number of primary amides is 2. The molecule has 0 aromatic heterocycles. The van der Waals surface area contributed by atoms with Gasteiger partial charge in [0, 0.05) is 25.1 Å². The van der Waals surface area contributed by atoms with Gasteiger partial charge in [-0.1, -0.05) is 12.1 Å². The third-order valence-corrected chi connectivity index (χ3v) is 3.23.